The number of aliphatic imine (C=N–C) groups is 1. The lowest BCUT2D eigenvalue weighted by Crippen LogP contribution is -2.40. The van der Waals surface area contributed by atoms with E-state index >= 15 is 0 Å². The second kappa shape index (κ2) is 12.1. The summed E-state index contributed by atoms with van der Waals surface area (Å²) in [4.78, 5) is 19.1. The predicted octanol–water partition coefficient (Wildman–Crippen LogP) is 4.06. The standard InChI is InChI=1S/C20H30ClN5O2.HI/c1-20(2,3)28-19(27)25-10-5-9-23-18(22-4)24-11-8-14-13-26-17-7-6-15(21)12-16(14)17;/h6-7,12-13,26H,5,8-11H2,1-4H3,(H,25,27)(H2,22,23,24);1H. The molecule has 2 rings (SSSR count). The molecular formula is C20H31ClIN5O2. The molecule has 0 bridgehead atoms. The number of rotatable bonds is 7. The molecule has 0 aliphatic heterocycles. The van der Waals surface area contributed by atoms with Gasteiger partial charge in [-0.2, -0.15) is 0 Å². The first-order valence-corrected chi connectivity index (χ1v) is 9.83. The lowest BCUT2D eigenvalue weighted by atomic mass is 10.1. The molecule has 4 N–H and O–H groups in total. The number of nitrogens with zero attached hydrogens (tertiary/aromatic N) is 1. The van der Waals surface area contributed by atoms with Crippen molar-refractivity contribution in [1.29, 1.82) is 0 Å². The summed E-state index contributed by atoms with van der Waals surface area (Å²) in [5, 5.41) is 11.2. The number of nitrogens with one attached hydrogen (secondary N) is 4. The van der Waals surface area contributed by atoms with Gasteiger partial charge < -0.3 is 25.7 Å². The van der Waals surface area contributed by atoms with Crippen LogP contribution in [0.1, 0.15) is 32.8 Å². The van der Waals surface area contributed by atoms with Gasteiger partial charge in [0.1, 0.15) is 5.60 Å². The molecule has 0 aliphatic carbocycles. The molecule has 1 aromatic carbocycles. The average molecular weight is 536 g/mol. The highest BCUT2D eigenvalue weighted by Gasteiger charge is 2.15. The van der Waals surface area contributed by atoms with Gasteiger partial charge in [-0.1, -0.05) is 11.6 Å². The average Bonchev–Trinajstić information content (AvgIpc) is 3.00. The van der Waals surface area contributed by atoms with Crippen molar-refractivity contribution in [3.05, 3.63) is 35.0 Å². The molecule has 0 atom stereocenters. The Kier molecular flexibility index (Phi) is 10.6. The molecule has 1 heterocycles. The van der Waals surface area contributed by atoms with Crippen molar-refractivity contribution in [3.63, 3.8) is 0 Å². The maximum atomic E-state index is 11.6. The van der Waals surface area contributed by atoms with E-state index in [1.807, 2.05) is 45.2 Å². The Morgan fingerprint density at radius 1 is 1.17 bits per heavy atom. The van der Waals surface area contributed by atoms with Crippen molar-refractivity contribution >= 4 is 58.5 Å². The molecule has 9 heteroatoms. The third-order valence-electron chi connectivity index (χ3n) is 3.95. The van der Waals surface area contributed by atoms with Crippen LogP contribution < -0.4 is 16.0 Å². The number of halogens is 2. The van der Waals surface area contributed by atoms with Gasteiger partial charge >= 0.3 is 6.09 Å². The monoisotopic (exact) mass is 535 g/mol. The van der Waals surface area contributed by atoms with Gasteiger partial charge in [0.15, 0.2) is 5.96 Å². The van der Waals surface area contributed by atoms with Gasteiger partial charge in [0.25, 0.3) is 0 Å². The summed E-state index contributed by atoms with van der Waals surface area (Å²) in [5.74, 6) is 0.732. The molecule has 1 aromatic heterocycles. The number of carbonyl (C=O) groups is 1. The van der Waals surface area contributed by atoms with Gasteiger partial charge in [0.05, 0.1) is 0 Å². The number of alkyl carbamates (subject to hydrolysis) is 1. The van der Waals surface area contributed by atoms with E-state index in [-0.39, 0.29) is 24.0 Å². The Hall–Kier alpha value is -1.68. The van der Waals surface area contributed by atoms with Crippen LogP contribution in [0, 0.1) is 0 Å². The van der Waals surface area contributed by atoms with Gasteiger partial charge in [-0.15, -0.1) is 24.0 Å². The third-order valence-corrected chi connectivity index (χ3v) is 4.19. The molecule has 0 aliphatic rings. The number of aromatic amines is 1. The molecule has 0 saturated carbocycles. The number of carbonyl (C=O) groups excluding carboxylic acids is 1. The van der Waals surface area contributed by atoms with Gasteiger partial charge in [-0.3, -0.25) is 4.99 Å². The number of benzene rings is 1. The minimum Gasteiger partial charge on any atom is -0.444 e. The van der Waals surface area contributed by atoms with Crippen LogP contribution in [-0.4, -0.2) is 49.3 Å². The van der Waals surface area contributed by atoms with Crippen molar-refractivity contribution in [3.8, 4) is 0 Å². The van der Waals surface area contributed by atoms with E-state index < -0.39 is 11.7 Å². The molecule has 29 heavy (non-hydrogen) atoms. The van der Waals surface area contributed by atoms with Crippen molar-refractivity contribution in [2.45, 2.75) is 39.2 Å². The second-order valence-electron chi connectivity index (χ2n) is 7.46. The van der Waals surface area contributed by atoms with Gasteiger partial charge in [0, 0.05) is 48.8 Å². The van der Waals surface area contributed by atoms with E-state index in [1.54, 1.807) is 7.05 Å². The van der Waals surface area contributed by atoms with Crippen LogP contribution in [0.4, 0.5) is 4.79 Å². The molecule has 2 aromatic rings. The second-order valence-corrected chi connectivity index (χ2v) is 7.90. The number of hydrogen-bond acceptors (Lipinski definition) is 3. The summed E-state index contributed by atoms with van der Waals surface area (Å²) in [6.45, 7) is 7.50. The minimum atomic E-state index is -0.482. The van der Waals surface area contributed by atoms with Crippen LogP contribution in [-0.2, 0) is 11.2 Å². The summed E-state index contributed by atoms with van der Waals surface area (Å²) in [5.41, 5.74) is 1.81. The molecular weight excluding hydrogens is 505 g/mol. The number of fused-ring (bicyclic) bond motifs is 1. The Balaban J connectivity index is 0.00000420. The fraction of sp³-hybridized carbons (Fsp3) is 0.500. The zero-order valence-electron chi connectivity index (χ0n) is 17.4. The van der Waals surface area contributed by atoms with E-state index in [2.05, 4.69) is 25.9 Å². The fourth-order valence-corrected chi connectivity index (χ4v) is 2.87. The van der Waals surface area contributed by atoms with Crippen LogP contribution in [0.2, 0.25) is 5.02 Å². The number of ether oxygens (including phenoxy) is 1. The van der Waals surface area contributed by atoms with Crippen LogP contribution in [0.25, 0.3) is 10.9 Å². The summed E-state index contributed by atoms with van der Waals surface area (Å²) in [6.07, 6.45) is 3.23. The molecule has 0 unspecified atom stereocenters. The van der Waals surface area contributed by atoms with Gasteiger partial charge in [-0.05, 0) is 57.4 Å². The lowest BCUT2D eigenvalue weighted by Gasteiger charge is -2.19. The molecule has 1 amide bonds. The number of amides is 1. The molecule has 0 fully saturated rings. The highest BCUT2D eigenvalue weighted by Crippen LogP contribution is 2.22. The highest BCUT2D eigenvalue weighted by molar-refractivity contribution is 14.0. The van der Waals surface area contributed by atoms with Gasteiger partial charge in [-0.25, -0.2) is 4.79 Å². The Morgan fingerprint density at radius 3 is 2.55 bits per heavy atom. The van der Waals surface area contributed by atoms with Gasteiger partial charge in [0.2, 0.25) is 0 Å². The Bertz CT molecular complexity index is 817. The van der Waals surface area contributed by atoms with Crippen molar-refractivity contribution in [2.24, 2.45) is 4.99 Å². The van der Waals surface area contributed by atoms with Crippen LogP contribution in [0.3, 0.4) is 0 Å². The summed E-state index contributed by atoms with van der Waals surface area (Å²) >= 11 is 6.10. The normalized spacial score (nSPS) is 11.7. The van der Waals surface area contributed by atoms with Crippen LogP contribution in [0.15, 0.2) is 29.4 Å². The SMILES string of the molecule is CN=C(NCCCNC(=O)OC(C)(C)C)NCCc1c[nH]c2ccc(Cl)cc12.I. The van der Waals surface area contributed by atoms with Crippen molar-refractivity contribution < 1.29 is 9.53 Å². The molecule has 0 spiro atoms. The number of aromatic nitrogens is 1. The fourth-order valence-electron chi connectivity index (χ4n) is 2.69. The summed E-state index contributed by atoms with van der Waals surface area (Å²) in [7, 11) is 1.74. The quantitative estimate of drug-likeness (QED) is 0.186. The highest BCUT2D eigenvalue weighted by atomic mass is 127. The number of guanidine groups is 1. The maximum absolute atomic E-state index is 11.6. The topological polar surface area (TPSA) is 90.5 Å². The van der Waals surface area contributed by atoms with E-state index in [0.29, 0.717) is 13.1 Å². The van der Waals surface area contributed by atoms with E-state index in [9.17, 15) is 4.79 Å². The molecule has 0 saturated heterocycles. The molecule has 0 radical (unpaired) electrons. The largest absolute Gasteiger partial charge is 0.444 e. The predicted molar refractivity (Wildman–Crippen MR) is 131 cm³/mol. The van der Waals surface area contributed by atoms with Crippen LogP contribution in [0.5, 0.6) is 0 Å². The zero-order valence-corrected chi connectivity index (χ0v) is 20.5. The first-order valence-electron chi connectivity index (χ1n) is 9.45. The number of H-pyrrole nitrogens is 1. The minimum absolute atomic E-state index is 0. The molecule has 162 valence electrons. The van der Waals surface area contributed by atoms with Crippen molar-refractivity contribution in [2.75, 3.05) is 26.7 Å². The molecule has 7 nitrogen and oxygen atoms in total. The van der Waals surface area contributed by atoms with Crippen LogP contribution >= 0.6 is 35.6 Å². The first kappa shape index (κ1) is 25.4. The maximum Gasteiger partial charge on any atom is 0.407 e. The van der Waals surface area contributed by atoms with E-state index in [4.69, 9.17) is 16.3 Å². The lowest BCUT2D eigenvalue weighted by molar-refractivity contribution is 0.0527. The van der Waals surface area contributed by atoms with Crippen molar-refractivity contribution in [1.82, 2.24) is 20.9 Å². The van der Waals surface area contributed by atoms with E-state index in [1.165, 1.54) is 5.56 Å². The number of hydrogen-bond donors (Lipinski definition) is 4. The summed E-state index contributed by atoms with van der Waals surface area (Å²) < 4.78 is 5.20. The van der Waals surface area contributed by atoms with E-state index in [0.717, 1.165) is 41.3 Å². The Morgan fingerprint density at radius 2 is 1.86 bits per heavy atom. The third kappa shape index (κ3) is 9.12. The zero-order chi connectivity index (χ0) is 20.6. The Labute approximate surface area is 194 Å². The first-order chi connectivity index (χ1) is 13.3. The summed E-state index contributed by atoms with van der Waals surface area (Å²) in [6, 6.07) is 5.85. The smallest absolute Gasteiger partial charge is 0.407 e.